The summed E-state index contributed by atoms with van der Waals surface area (Å²) < 4.78 is 1.99. The van der Waals surface area contributed by atoms with Gasteiger partial charge in [0.2, 0.25) is 0 Å². The molecular formula is C12H22N4. The Balaban J connectivity index is 2.02. The van der Waals surface area contributed by atoms with E-state index in [1.807, 2.05) is 10.9 Å². The van der Waals surface area contributed by atoms with Gasteiger partial charge in [-0.05, 0) is 33.9 Å². The maximum Gasteiger partial charge on any atom is 0.0537 e. The van der Waals surface area contributed by atoms with E-state index in [0.29, 0.717) is 12.1 Å². The number of likely N-dealkylation sites (N-methyl/N-ethyl adjacent to an activating group) is 1. The molecule has 0 aromatic carbocycles. The van der Waals surface area contributed by atoms with Crippen molar-refractivity contribution in [3.05, 3.63) is 18.0 Å². The summed E-state index contributed by atoms with van der Waals surface area (Å²) in [5.74, 6) is 0. The normalized spacial score (nSPS) is 22.9. The molecule has 2 heterocycles. The number of aryl methyl sites for hydroxylation is 1. The number of hydrogen-bond acceptors (Lipinski definition) is 3. The summed E-state index contributed by atoms with van der Waals surface area (Å²) in [6.45, 7) is 7.58. The topological polar surface area (TPSA) is 33.1 Å². The number of hydrogen-bond donors (Lipinski definition) is 1. The quantitative estimate of drug-likeness (QED) is 0.832. The molecule has 1 saturated heterocycles. The first-order valence-electron chi connectivity index (χ1n) is 6.17. The van der Waals surface area contributed by atoms with Crippen LogP contribution in [0.1, 0.15) is 31.9 Å². The highest BCUT2D eigenvalue weighted by atomic mass is 15.3. The van der Waals surface area contributed by atoms with Gasteiger partial charge in [0.05, 0.1) is 6.20 Å². The van der Waals surface area contributed by atoms with Crippen molar-refractivity contribution in [3.8, 4) is 0 Å². The third-order valence-corrected chi connectivity index (χ3v) is 3.68. The number of nitrogens with one attached hydrogen (secondary N) is 1. The lowest BCUT2D eigenvalue weighted by atomic mass is 10.1. The lowest BCUT2D eigenvalue weighted by Crippen LogP contribution is -2.35. The molecule has 0 aliphatic carbocycles. The Labute approximate surface area is 97.6 Å². The Morgan fingerprint density at radius 2 is 2.50 bits per heavy atom. The fourth-order valence-corrected chi connectivity index (χ4v) is 2.31. The third-order valence-electron chi connectivity index (χ3n) is 3.68. The molecule has 2 atom stereocenters. The zero-order chi connectivity index (χ0) is 11.5. The highest BCUT2D eigenvalue weighted by molar-refractivity contribution is 5.10. The van der Waals surface area contributed by atoms with Gasteiger partial charge >= 0.3 is 0 Å². The fraction of sp³-hybridized carbons (Fsp3) is 0.750. The van der Waals surface area contributed by atoms with E-state index in [4.69, 9.17) is 0 Å². The second-order valence-corrected chi connectivity index (χ2v) is 4.62. The average Bonchev–Trinajstić information content (AvgIpc) is 2.97. The monoisotopic (exact) mass is 222 g/mol. The van der Waals surface area contributed by atoms with Crippen LogP contribution in [0.3, 0.4) is 0 Å². The first-order valence-corrected chi connectivity index (χ1v) is 6.17. The van der Waals surface area contributed by atoms with Gasteiger partial charge in [-0.15, -0.1) is 0 Å². The van der Waals surface area contributed by atoms with Gasteiger partial charge in [0.15, 0.2) is 0 Å². The Morgan fingerprint density at radius 3 is 3.06 bits per heavy atom. The van der Waals surface area contributed by atoms with Crippen molar-refractivity contribution < 1.29 is 0 Å². The molecule has 2 rings (SSSR count). The molecule has 4 nitrogen and oxygen atoms in total. The van der Waals surface area contributed by atoms with Crippen molar-refractivity contribution in [1.29, 1.82) is 0 Å². The van der Waals surface area contributed by atoms with Crippen LogP contribution in [0.15, 0.2) is 12.4 Å². The molecule has 0 spiro atoms. The van der Waals surface area contributed by atoms with Crippen LogP contribution in [0.4, 0.5) is 0 Å². The lowest BCUT2D eigenvalue weighted by molar-refractivity contribution is 0.197. The number of rotatable bonds is 4. The van der Waals surface area contributed by atoms with E-state index in [0.717, 1.165) is 19.6 Å². The largest absolute Gasteiger partial charge is 0.315 e. The van der Waals surface area contributed by atoms with Gasteiger partial charge in [-0.3, -0.25) is 9.58 Å². The maximum absolute atomic E-state index is 4.34. The molecule has 1 aliphatic rings. The smallest absolute Gasteiger partial charge is 0.0537 e. The third kappa shape index (κ3) is 2.28. The number of aromatic nitrogens is 2. The molecule has 0 bridgehead atoms. The van der Waals surface area contributed by atoms with Gasteiger partial charge in [-0.1, -0.05) is 0 Å². The van der Waals surface area contributed by atoms with E-state index >= 15 is 0 Å². The molecule has 1 N–H and O–H groups in total. The van der Waals surface area contributed by atoms with E-state index in [2.05, 4.69) is 42.4 Å². The lowest BCUT2D eigenvalue weighted by Gasteiger charge is -2.29. The summed E-state index contributed by atoms with van der Waals surface area (Å²) in [6, 6.07) is 1.12. The summed E-state index contributed by atoms with van der Waals surface area (Å²) in [6.07, 6.45) is 5.40. The zero-order valence-corrected chi connectivity index (χ0v) is 10.5. The first-order chi connectivity index (χ1) is 7.72. The standard InChI is InChI=1S/C12H22N4/c1-4-16-9-11(7-14-16)10(2)15(3)12-5-6-13-8-12/h7,9-10,12-13H,4-6,8H2,1-3H3. The molecule has 0 saturated carbocycles. The van der Waals surface area contributed by atoms with Gasteiger partial charge in [-0.2, -0.15) is 5.10 Å². The summed E-state index contributed by atoms with van der Waals surface area (Å²) in [5, 5.41) is 7.75. The van der Waals surface area contributed by atoms with Crippen molar-refractivity contribution in [2.24, 2.45) is 0 Å². The second kappa shape index (κ2) is 4.97. The summed E-state index contributed by atoms with van der Waals surface area (Å²) in [5.41, 5.74) is 1.32. The van der Waals surface area contributed by atoms with Crippen molar-refractivity contribution in [2.75, 3.05) is 20.1 Å². The number of nitrogens with zero attached hydrogens (tertiary/aromatic N) is 3. The minimum atomic E-state index is 0.449. The second-order valence-electron chi connectivity index (χ2n) is 4.62. The summed E-state index contributed by atoms with van der Waals surface area (Å²) in [7, 11) is 2.21. The molecule has 1 aliphatic heterocycles. The van der Waals surface area contributed by atoms with Crippen molar-refractivity contribution in [1.82, 2.24) is 20.0 Å². The van der Waals surface area contributed by atoms with Gasteiger partial charge in [0.25, 0.3) is 0 Å². The molecule has 16 heavy (non-hydrogen) atoms. The van der Waals surface area contributed by atoms with Crippen LogP contribution >= 0.6 is 0 Å². The van der Waals surface area contributed by atoms with Crippen molar-refractivity contribution >= 4 is 0 Å². The van der Waals surface area contributed by atoms with E-state index in [1.165, 1.54) is 12.0 Å². The molecular weight excluding hydrogens is 200 g/mol. The Bertz CT molecular complexity index is 328. The van der Waals surface area contributed by atoms with Crippen LogP contribution in [0.25, 0.3) is 0 Å². The molecule has 0 radical (unpaired) electrons. The van der Waals surface area contributed by atoms with E-state index in [1.54, 1.807) is 0 Å². The van der Waals surface area contributed by atoms with Crippen LogP contribution in [0.2, 0.25) is 0 Å². The van der Waals surface area contributed by atoms with Crippen molar-refractivity contribution in [2.45, 2.75) is 38.9 Å². The molecule has 1 aromatic heterocycles. The zero-order valence-electron chi connectivity index (χ0n) is 10.5. The predicted octanol–water partition coefficient (Wildman–Crippen LogP) is 1.26. The van der Waals surface area contributed by atoms with E-state index < -0.39 is 0 Å². The minimum absolute atomic E-state index is 0.449. The van der Waals surface area contributed by atoms with E-state index in [-0.39, 0.29) is 0 Å². The van der Waals surface area contributed by atoms with Gasteiger partial charge < -0.3 is 5.32 Å². The molecule has 1 fully saturated rings. The molecule has 0 amide bonds. The van der Waals surface area contributed by atoms with Crippen LogP contribution in [-0.2, 0) is 6.54 Å². The van der Waals surface area contributed by atoms with Crippen molar-refractivity contribution in [3.63, 3.8) is 0 Å². The van der Waals surface area contributed by atoms with Gasteiger partial charge in [0, 0.05) is 36.9 Å². The van der Waals surface area contributed by atoms with Gasteiger partial charge in [0.1, 0.15) is 0 Å². The Hall–Kier alpha value is -0.870. The van der Waals surface area contributed by atoms with Crippen LogP contribution < -0.4 is 5.32 Å². The summed E-state index contributed by atoms with van der Waals surface area (Å²) in [4.78, 5) is 2.46. The first kappa shape index (κ1) is 11.6. The molecule has 1 aromatic rings. The maximum atomic E-state index is 4.34. The van der Waals surface area contributed by atoms with Gasteiger partial charge in [-0.25, -0.2) is 0 Å². The minimum Gasteiger partial charge on any atom is -0.315 e. The molecule has 4 heteroatoms. The Morgan fingerprint density at radius 1 is 1.69 bits per heavy atom. The highest BCUT2D eigenvalue weighted by Gasteiger charge is 2.24. The highest BCUT2D eigenvalue weighted by Crippen LogP contribution is 2.22. The van der Waals surface area contributed by atoms with Crippen LogP contribution in [0, 0.1) is 0 Å². The Kier molecular flexibility index (Phi) is 3.61. The van der Waals surface area contributed by atoms with E-state index in [9.17, 15) is 0 Å². The molecule has 2 unspecified atom stereocenters. The van der Waals surface area contributed by atoms with Crippen LogP contribution in [0.5, 0.6) is 0 Å². The van der Waals surface area contributed by atoms with Crippen LogP contribution in [-0.4, -0.2) is 40.9 Å². The predicted molar refractivity (Wildman–Crippen MR) is 65.4 cm³/mol. The fourth-order valence-electron chi connectivity index (χ4n) is 2.31. The summed E-state index contributed by atoms with van der Waals surface area (Å²) >= 11 is 0. The average molecular weight is 222 g/mol. The molecule has 90 valence electrons. The SMILES string of the molecule is CCn1cc(C(C)N(C)C2CCNC2)cn1.